The summed E-state index contributed by atoms with van der Waals surface area (Å²) in [6.07, 6.45) is 4.45. The molecule has 0 atom stereocenters. The lowest BCUT2D eigenvalue weighted by molar-refractivity contribution is -0.116. The average Bonchev–Trinajstić information content (AvgIpc) is 3.17. The molecule has 0 saturated carbocycles. The van der Waals surface area contributed by atoms with E-state index in [-0.39, 0.29) is 5.91 Å². The van der Waals surface area contributed by atoms with Gasteiger partial charge in [0.25, 0.3) is 0 Å². The maximum absolute atomic E-state index is 12.5. The maximum Gasteiger partial charge on any atom is 0.239 e. The molecular formula is C24H21N3O2. The molecular weight excluding hydrogens is 362 g/mol. The summed E-state index contributed by atoms with van der Waals surface area (Å²) in [5, 5.41) is 7.15. The zero-order valence-corrected chi connectivity index (χ0v) is 16.1. The third-order valence-electron chi connectivity index (χ3n) is 4.72. The van der Waals surface area contributed by atoms with Crippen LogP contribution in [0.3, 0.4) is 0 Å². The van der Waals surface area contributed by atoms with E-state index < -0.39 is 0 Å². The molecule has 0 bridgehead atoms. The maximum atomic E-state index is 12.5. The summed E-state index contributed by atoms with van der Waals surface area (Å²) < 4.78 is 5.56. The monoisotopic (exact) mass is 383 g/mol. The molecule has 0 radical (unpaired) electrons. The lowest BCUT2D eigenvalue weighted by Crippen LogP contribution is -2.12. The molecule has 0 unspecified atom stereocenters. The van der Waals surface area contributed by atoms with Crippen molar-refractivity contribution in [3.8, 4) is 22.4 Å². The highest BCUT2D eigenvalue weighted by Crippen LogP contribution is 2.37. The predicted octanol–water partition coefficient (Wildman–Crippen LogP) is 5.28. The third kappa shape index (κ3) is 4.41. The van der Waals surface area contributed by atoms with Crippen LogP contribution in [-0.4, -0.2) is 16.0 Å². The van der Waals surface area contributed by atoms with Crippen molar-refractivity contribution in [2.24, 2.45) is 0 Å². The summed E-state index contributed by atoms with van der Waals surface area (Å²) in [6.45, 7) is 2.04. The lowest BCUT2D eigenvalue weighted by Gasteiger charge is -2.07. The summed E-state index contributed by atoms with van der Waals surface area (Å²) in [7, 11) is 0. The summed E-state index contributed by atoms with van der Waals surface area (Å²) in [6, 6.07) is 21.7. The molecule has 2 aromatic carbocycles. The van der Waals surface area contributed by atoms with Gasteiger partial charge < -0.3 is 4.52 Å². The number of nitrogens with one attached hydrogen (secondary N) is 1. The summed E-state index contributed by atoms with van der Waals surface area (Å²) in [5.41, 5.74) is 5.54. The van der Waals surface area contributed by atoms with Gasteiger partial charge in [0.05, 0.1) is 5.56 Å². The number of nitrogens with zero attached hydrogens (tertiary/aromatic N) is 2. The number of rotatable bonds is 6. The topological polar surface area (TPSA) is 68.0 Å². The number of anilines is 1. The van der Waals surface area contributed by atoms with Gasteiger partial charge in [0.15, 0.2) is 0 Å². The van der Waals surface area contributed by atoms with Gasteiger partial charge in [-0.15, -0.1) is 0 Å². The molecule has 0 aliphatic carbocycles. The van der Waals surface area contributed by atoms with Gasteiger partial charge in [-0.05, 0) is 36.6 Å². The van der Waals surface area contributed by atoms with Crippen molar-refractivity contribution in [1.82, 2.24) is 10.1 Å². The van der Waals surface area contributed by atoms with Gasteiger partial charge in [-0.2, -0.15) is 0 Å². The number of hydrogen-bond acceptors (Lipinski definition) is 4. The van der Waals surface area contributed by atoms with Gasteiger partial charge in [-0.1, -0.05) is 65.3 Å². The van der Waals surface area contributed by atoms with Crippen LogP contribution in [-0.2, 0) is 11.2 Å². The SMILES string of the molecule is Cc1ccc(-c2noc(NC(=O)CCc3ccccc3)c2-c2ccncc2)cc1. The molecule has 4 rings (SSSR count). The largest absolute Gasteiger partial charge is 0.337 e. The van der Waals surface area contributed by atoms with Crippen LogP contribution in [0.4, 0.5) is 5.88 Å². The molecule has 4 aromatic rings. The highest BCUT2D eigenvalue weighted by atomic mass is 16.5. The zero-order chi connectivity index (χ0) is 20.1. The second-order valence-electron chi connectivity index (χ2n) is 6.87. The number of benzene rings is 2. The van der Waals surface area contributed by atoms with Crippen LogP contribution >= 0.6 is 0 Å². The van der Waals surface area contributed by atoms with Crippen LogP contribution in [0.15, 0.2) is 83.6 Å². The smallest absolute Gasteiger partial charge is 0.239 e. The number of hydrogen-bond donors (Lipinski definition) is 1. The molecule has 2 aromatic heterocycles. The van der Waals surface area contributed by atoms with Crippen molar-refractivity contribution in [2.75, 3.05) is 5.32 Å². The number of carbonyl (C=O) groups is 1. The van der Waals surface area contributed by atoms with Gasteiger partial charge in [0, 0.05) is 24.4 Å². The third-order valence-corrected chi connectivity index (χ3v) is 4.72. The normalized spacial score (nSPS) is 10.7. The van der Waals surface area contributed by atoms with Crippen LogP contribution < -0.4 is 5.32 Å². The Labute approximate surface area is 169 Å². The quantitative estimate of drug-likeness (QED) is 0.492. The minimum absolute atomic E-state index is 0.115. The highest BCUT2D eigenvalue weighted by molar-refractivity contribution is 5.97. The Morgan fingerprint density at radius 2 is 1.66 bits per heavy atom. The molecule has 1 amide bonds. The molecule has 0 spiro atoms. The second kappa shape index (κ2) is 8.52. The molecule has 1 N–H and O–H groups in total. The van der Waals surface area contributed by atoms with E-state index in [4.69, 9.17) is 4.52 Å². The van der Waals surface area contributed by atoms with Crippen molar-refractivity contribution in [3.05, 3.63) is 90.3 Å². The average molecular weight is 383 g/mol. The van der Waals surface area contributed by atoms with Crippen molar-refractivity contribution in [3.63, 3.8) is 0 Å². The van der Waals surface area contributed by atoms with E-state index in [0.717, 1.165) is 27.8 Å². The van der Waals surface area contributed by atoms with Crippen LogP contribution in [0.2, 0.25) is 0 Å². The zero-order valence-electron chi connectivity index (χ0n) is 16.1. The van der Waals surface area contributed by atoms with Gasteiger partial charge >= 0.3 is 0 Å². The number of carbonyl (C=O) groups excluding carboxylic acids is 1. The van der Waals surface area contributed by atoms with Gasteiger partial charge in [0.1, 0.15) is 5.69 Å². The Balaban J connectivity index is 1.61. The van der Waals surface area contributed by atoms with E-state index in [9.17, 15) is 4.79 Å². The van der Waals surface area contributed by atoms with Gasteiger partial charge in [-0.25, -0.2) is 0 Å². The minimum atomic E-state index is -0.115. The summed E-state index contributed by atoms with van der Waals surface area (Å²) in [4.78, 5) is 16.6. The number of aromatic nitrogens is 2. The number of amides is 1. The summed E-state index contributed by atoms with van der Waals surface area (Å²) >= 11 is 0. The number of aryl methyl sites for hydroxylation is 2. The highest BCUT2D eigenvalue weighted by Gasteiger charge is 2.21. The second-order valence-corrected chi connectivity index (χ2v) is 6.87. The van der Waals surface area contributed by atoms with E-state index in [1.165, 1.54) is 0 Å². The van der Waals surface area contributed by atoms with Crippen LogP contribution in [0.25, 0.3) is 22.4 Å². The standard InChI is InChI=1S/C24H21N3O2/c1-17-7-10-20(11-8-17)23-22(19-13-15-25-16-14-19)24(29-27-23)26-21(28)12-9-18-5-3-2-4-6-18/h2-8,10-11,13-16H,9,12H2,1H3,(H,26,28). The van der Waals surface area contributed by atoms with Crippen molar-refractivity contribution in [2.45, 2.75) is 19.8 Å². The molecule has 5 heteroatoms. The fraction of sp³-hybridized carbons (Fsp3) is 0.125. The summed E-state index contributed by atoms with van der Waals surface area (Å²) in [5.74, 6) is 0.237. The molecule has 2 heterocycles. The first-order chi connectivity index (χ1) is 14.2. The van der Waals surface area contributed by atoms with Gasteiger partial charge in [0.2, 0.25) is 11.8 Å². The number of pyridine rings is 1. The Morgan fingerprint density at radius 3 is 2.38 bits per heavy atom. The molecule has 0 fully saturated rings. The molecule has 29 heavy (non-hydrogen) atoms. The van der Waals surface area contributed by atoms with E-state index in [1.807, 2.05) is 73.7 Å². The molecule has 0 aliphatic rings. The first-order valence-electron chi connectivity index (χ1n) is 9.51. The van der Waals surface area contributed by atoms with Crippen molar-refractivity contribution in [1.29, 1.82) is 0 Å². The molecule has 5 nitrogen and oxygen atoms in total. The minimum Gasteiger partial charge on any atom is -0.337 e. The Hall–Kier alpha value is -3.73. The molecule has 0 aliphatic heterocycles. The van der Waals surface area contributed by atoms with E-state index >= 15 is 0 Å². The van der Waals surface area contributed by atoms with Crippen LogP contribution in [0.5, 0.6) is 0 Å². The van der Waals surface area contributed by atoms with E-state index in [1.54, 1.807) is 12.4 Å². The molecule has 144 valence electrons. The predicted molar refractivity (Wildman–Crippen MR) is 113 cm³/mol. The van der Waals surface area contributed by atoms with Crippen molar-refractivity contribution >= 4 is 11.8 Å². The van der Waals surface area contributed by atoms with Crippen LogP contribution in [0, 0.1) is 6.92 Å². The lowest BCUT2D eigenvalue weighted by atomic mass is 10.0. The molecule has 0 saturated heterocycles. The Kier molecular flexibility index (Phi) is 5.47. The van der Waals surface area contributed by atoms with Crippen molar-refractivity contribution < 1.29 is 9.32 Å². The Bertz CT molecular complexity index is 1090. The first kappa shape index (κ1) is 18.6. The fourth-order valence-electron chi connectivity index (χ4n) is 3.16. The van der Waals surface area contributed by atoms with E-state index in [2.05, 4.69) is 15.5 Å². The fourth-order valence-corrected chi connectivity index (χ4v) is 3.16. The van der Waals surface area contributed by atoms with E-state index in [0.29, 0.717) is 24.4 Å². The van der Waals surface area contributed by atoms with Crippen LogP contribution in [0.1, 0.15) is 17.5 Å². The van der Waals surface area contributed by atoms with Gasteiger partial charge in [-0.3, -0.25) is 15.1 Å². The first-order valence-corrected chi connectivity index (χ1v) is 9.51. The Morgan fingerprint density at radius 1 is 0.931 bits per heavy atom.